The lowest BCUT2D eigenvalue weighted by atomic mass is 9.86. The Hall–Kier alpha value is -1.68. The summed E-state index contributed by atoms with van der Waals surface area (Å²) in [5, 5.41) is 0. The van der Waals surface area contributed by atoms with Crippen molar-refractivity contribution < 1.29 is 9.59 Å². The maximum atomic E-state index is 12.0. The maximum Gasteiger partial charge on any atom is 0.233 e. The molecule has 21 heavy (non-hydrogen) atoms. The van der Waals surface area contributed by atoms with E-state index >= 15 is 0 Å². The van der Waals surface area contributed by atoms with Gasteiger partial charge in [0.1, 0.15) is 0 Å². The SMILES string of the molecule is CC(C)(C)c1ccc(C(N)CN2C(=O)C3CC3C2=O)cc1. The fourth-order valence-electron chi connectivity index (χ4n) is 2.96. The lowest BCUT2D eigenvalue weighted by molar-refractivity contribution is -0.141. The molecular weight excluding hydrogens is 264 g/mol. The van der Waals surface area contributed by atoms with Crippen molar-refractivity contribution in [1.29, 1.82) is 0 Å². The third kappa shape index (κ3) is 2.48. The van der Waals surface area contributed by atoms with Gasteiger partial charge in [-0.1, -0.05) is 45.0 Å². The van der Waals surface area contributed by atoms with Gasteiger partial charge in [-0.2, -0.15) is 0 Å². The molecule has 1 saturated carbocycles. The second-order valence-corrected chi connectivity index (χ2v) is 7.21. The molecule has 1 aliphatic carbocycles. The quantitative estimate of drug-likeness (QED) is 0.864. The minimum Gasteiger partial charge on any atom is -0.322 e. The molecule has 0 bridgehead atoms. The first-order valence-electron chi connectivity index (χ1n) is 7.50. The molecule has 1 aliphatic heterocycles. The zero-order valence-electron chi connectivity index (χ0n) is 12.8. The predicted octanol–water partition coefficient (Wildman–Crippen LogP) is 1.99. The van der Waals surface area contributed by atoms with E-state index in [9.17, 15) is 9.59 Å². The van der Waals surface area contributed by atoms with E-state index < -0.39 is 0 Å². The Labute approximate surface area is 125 Å². The molecular formula is C17H22N2O2. The van der Waals surface area contributed by atoms with Crippen LogP contribution in [0.4, 0.5) is 0 Å². The van der Waals surface area contributed by atoms with E-state index in [-0.39, 0.29) is 35.1 Å². The van der Waals surface area contributed by atoms with Gasteiger partial charge in [-0.3, -0.25) is 14.5 Å². The van der Waals surface area contributed by atoms with Crippen molar-refractivity contribution in [1.82, 2.24) is 4.90 Å². The number of carbonyl (C=O) groups is 2. The molecule has 3 atom stereocenters. The molecule has 3 rings (SSSR count). The minimum atomic E-state index is -0.315. The maximum absolute atomic E-state index is 12.0. The number of carbonyl (C=O) groups excluding carboxylic acids is 2. The molecule has 2 amide bonds. The fourth-order valence-corrected chi connectivity index (χ4v) is 2.96. The topological polar surface area (TPSA) is 63.4 Å². The summed E-state index contributed by atoms with van der Waals surface area (Å²) in [7, 11) is 0. The Morgan fingerprint density at radius 3 is 2.14 bits per heavy atom. The first-order chi connectivity index (χ1) is 9.79. The molecule has 4 nitrogen and oxygen atoms in total. The molecule has 2 aliphatic rings. The Bertz CT molecular complexity index is 566. The molecule has 1 heterocycles. The highest BCUT2D eigenvalue weighted by molar-refractivity contribution is 6.08. The van der Waals surface area contributed by atoms with Gasteiger partial charge in [0.05, 0.1) is 11.8 Å². The smallest absolute Gasteiger partial charge is 0.233 e. The van der Waals surface area contributed by atoms with Gasteiger partial charge in [0, 0.05) is 12.6 Å². The highest BCUT2D eigenvalue weighted by atomic mass is 16.2. The number of rotatable bonds is 3. The number of benzene rings is 1. The van der Waals surface area contributed by atoms with Crippen molar-refractivity contribution in [3.63, 3.8) is 0 Å². The molecule has 112 valence electrons. The van der Waals surface area contributed by atoms with E-state index in [4.69, 9.17) is 5.73 Å². The molecule has 1 saturated heterocycles. The number of nitrogens with two attached hydrogens (primary N) is 1. The largest absolute Gasteiger partial charge is 0.322 e. The second kappa shape index (κ2) is 4.67. The number of hydrogen-bond acceptors (Lipinski definition) is 3. The Kier molecular flexibility index (Phi) is 3.17. The lowest BCUT2D eigenvalue weighted by Crippen LogP contribution is -2.38. The second-order valence-electron chi connectivity index (χ2n) is 7.21. The summed E-state index contributed by atoms with van der Waals surface area (Å²) < 4.78 is 0. The van der Waals surface area contributed by atoms with Gasteiger partial charge in [0.2, 0.25) is 11.8 Å². The van der Waals surface area contributed by atoms with Gasteiger partial charge in [-0.05, 0) is 23.0 Å². The van der Waals surface area contributed by atoms with Gasteiger partial charge in [0.25, 0.3) is 0 Å². The molecule has 0 radical (unpaired) electrons. The van der Waals surface area contributed by atoms with Crippen molar-refractivity contribution in [2.24, 2.45) is 17.6 Å². The van der Waals surface area contributed by atoms with Crippen molar-refractivity contribution in [2.75, 3.05) is 6.54 Å². The first-order valence-corrected chi connectivity index (χ1v) is 7.50. The molecule has 2 fully saturated rings. The number of piperidine rings is 1. The zero-order chi connectivity index (χ0) is 15.4. The summed E-state index contributed by atoms with van der Waals surface area (Å²) in [4.78, 5) is 25.3. The number of amides is 2. The van der Waals surface area contributed by atoms with Gasteiger partial charge in [0.15, 0.2) is 0 Å². The van der Waals surface area contributed by atoms with Crippen LogP contribution in [-0.2, 0) is 15.0 Å². The van der Waals surface area contributed by atoms with Gasteiger partial charge in [-0.15, -0.1) is 0 Å². The van der Waals surface area contributed by atoms with Crippen molar-refractivity contribution in [2.45, 2.75) is 38.6 Å². The van der Waals surface area contributed by atoms with Crippen LogP contribution >= 0.6 is 0 Å². The monoisotopic (exact) mass is 286 g/mol. The van der Waals surface area contributed by atoms with E-state index in [2.05, 4.69) is 32.9 Å². The summed E-state index contributed by atoms with van der Waals surface area (Å²) in [6, 6.07) is 7.82. The fraction of sp³-hybridized carbons (Fsp3) is 0.529. The van der Waals surface area contributed by atoms with Crippen LogP contribution in [0.25, 0.3) is 0 Å². The van der Waals surface area contributed by atoms with Crippen LogP contribution < -0.4 is 5.73 Å². The Morgan fingerprint density at radius 2 is 1.67 bits per heavy atom. The first kappa shape index (κ1) is 14.3. The van der Waals surface area contributed by atoms with Crippen LogP contribution in [0.2, 0.25) is 0 Å². The number of likely N-dealkylation sites (tertiary alicyclic amines) is 1. The standard InChI is InChI=1S/C17H22N2O2/c1-17(2,3)11-6-4-10(5-7-11)14(18)9-19-15(20)12-8-13(12)16(19)21/h4-7,12-14H,8-9,18H2,1-3H3. The van der Waals surface area contributed by atoms with E-state index in [0.29, 0.717) is 6.54 Å². The van der Waals surface area contributed by atoms with Crippen LogP contribution in [-0.4, -0.2) is 23.3 Å². The average Bonchev–Trinajstić information content (AvgIpc) is 3.18. The van der Waals surface area contributed by atoms with Gasteiger partial charge in [-0.25, -0.2) is 0 Å². The number of nitrogens with zero attached hydrogens (tertiary/aromatic N) is 1. The number of hydrogen-bond donors (Lipinski definition) is 1. The summed E-state index contributed by atoms with van der Waals surface area (Å²) in [5.41, 5.74) is 8.48. The third-order valence-corrected chi connectivity index (χ3v) is 4.54. The number of imide groups is 1. The third-order valence-electron chi connectivity index (χ3n) is 4.54. The Morgan fingerprint density at radius 1 is 1.14 bits per heavy atom. The highest BCUT2D eigenvalue weighted by Gasteiger charge is 2.58. The van der Waals surface area contributed by atoms with Crippen molar-refractivity contribution >= 4 is 11.8 Å². The van der Waals surface area contributed by atoms with E-state index in [0.717, 1.165) is 12.0 Å². The van der Waals surface area contributed by atoms with Crippen molar-refractivity contribution in [3.8, 4) is 0 Å². The molecule has 4 heteroatoms. The summed E-state index contributed by atoms with van der Waals surface area (Å²) >= 11 is 0. The van der Waals surface area contributed by atoms with Crippen LogP contribution in [0.3, 0.4) is 0 Å². The molecule has 1 aromatic carbocycles. The molecule has 0 aromatic heterocycles. The van der Waals surface area contributed by atoms with Gasteiger partial charge < -0.3 is 5.73 Å². The van der Waals surface area contributed by atoms with E-state index in [1.54, 1.807) is 0 Å². The van der Waals surface area contributed by atoms with Crippen molar-refractivity contribution in [3.05, 3.63) is 35.4 Å². The highest BCUT2D eigenvalue weighted by Crippen LogP contribution is 2.47. The van der Waals surface area contributed by atoms with E-state index in [1.807, 2.05) is 12.1 Å². The Balaban J connectivity index is 1.70. The summed E-state index contributed by atoms with van der Waals surface area (Å²) in [6.07, 6.45) is 0.740. The van der Waals surface area contributed by atoms with Crippen LogP contribution in [0.1, 0.15) is 44.4 Å². The predicted molar refractivity (Wildman–Crippen MR) is 80.4 cm³/mol. The molecule has 0 spiro atoms. The van der Waals surface area contributed by atoms with Gasteiger partial charge >= 0.3 is 0 Å². The van der Waals surface area contributed by atoms with E-state index in [1.165, 1.54) is 10.5 Å². The van der Waals surface area contributed by atoms with Crippen LogP contribution in [0, 0.1) is 11.8 Å². The normalized spacial score (nSPS) is 26.0. The average molecular weight is 286 g/mol. The molecule has 1 aromatic rings. The van der Waals surface area contributed by atoms with Crippen LogP contribution in [0.15, 0.2) is 24.3 Å². The van der Waals surface area contributed by atoms with Crippen LogP contribution in [0.5, 0.6) is 0 Å². The number of fused-ring (bicyclic) bond motifs is 1. The molecule has 3 unspecified atom stereocenters. The summed E-state index contributed by atoms with van der Waals surface area (Å²) in [5.74, 6) is -0.167. The lowest BCUT2D eigenvalue weighted by Gasteiger charge is -2.23. The molecule has 2 N–H and O–H groups in total. The minimum absolute atomic E-state index is 0.0354. The summed E-state index contributed by atoms with van der Waals surface area (Å²) in [6.45, 7) is 6.78. The zero-order valence-corrected chi connectivity index (χ0v) is 12.8.